The van der Waals surface area contributed by atoms with Crippen molar-refractivity contribution in [2.24, 2.45) is 11.7 Å². The van der Waals surface area contributed by atoms with E-state index in [4.69, 9.17) is 5.73 Å². The van der Waals surface area contributed by atoms with Gasteiger partial charge in [0.1, 0.15) is 6.33 Å². The van der Waals surface area contributed by atoms with Gasteiger partial charge in [0, 0.05) is 23.9 Å². The maximum Gasteiger partial charge on any atom is 0.115 e. The summed E-state index contributed by atoms with van der Waals surface area (Å²) in [6.45, 7) is 2.13. The Hall–Kier alpha value is -1.04. The number of hydrazine groups is 1. The molecule has 2 heterocycles. The molecule has 76 valence electrons. The van der Waals surface area contributed by atoms with E-state index in [0.717, 1.165) is 12.0 Å². The molecule has 0 aromatic carbocycles. The number of nitrogens with zero attached hydrogens (tertiary/aromatic N) is 2. The summed E-state index contributed by atoms with van der Waals surface area (Å²) in [7, 11) is 0. The van der Waals surface area contributed by atoms with Crippen molar-refractivity contribution in [3.63, 3.8) is 0 Å². The van der Waals surface area contributed by atoms with Gasteiger partial charge in [0.05, 0.1) is 12.2 Å². The minimum Gasteiger partial charge on any atom is -0.315 e. The van der Waals surface area contributed by atoms with Gasteiger partial charge in [0.25, 0.3) is 0 Å². The third-order valence-corrected chi connectivity index (χ3v) is 2.71. The summed E-state index contributed by atoms with van der Waals surface area (Å²) in [4.78, 5) is 8.01. The van der Waals surface area contributed by atoms with E-state index in [0.29, 0.717) is 5.92 Å². The third kappa shape index (κ3) is 1.61. The maximum absolute atomic E-state index is 5.90. The Bertz CT molecular complexity index is 289. The molecule has 3 unspecified atom stereocenters. The van der Waals surface area contributed by atoms with E-state index in [1.54, 1.807) is 0 Å². The van der Waals surface area contributed by atoms with E-state index in [1.165, 1.54) is 6.33 Å². The highest BCUT2D eigenvalue weighted by molar-refractivity contribution is 5.13. The van der Waals surface area contributed by atoms with Gasteiger partial charge in [0.2, 0.25) is 0 Å². The second-order valence-electron chi connectivity index (χ2n) is 3.54. The van der Waals surface area contributed by atoms with Gasteiger partial charge in [-0.2, -0.15) is 0 Å². The van der Waals surface area contributed by atoms with Crippen LogP contribution in [0.25, 0.3) is 0 Å². The van der Waals surface area contributed by atoms with Crippen LogP contribution in [-0.2, 0) is 0 Å². The minimum absolute atomic E-state index is 0.00482. The Kier molecular flexibility index (Phi) is 2.72. The van der Waals surface area contributed by atoms with Crippen molar-refractivity contribution in [3.8, 4) is 0 Å². The molecule has 0 bridgehead atoms. The molecule has 1 aromatic rings. The lowest BCUT2D eigenvalue weighted by atomic mass is 9.92. The van der Waals surface area contributed by atoms with Crippen LogP contribution in [0.1, 0.15) is 24.9 Å². The van der Waals surface area contributed by atoms with E-state index < -0.39 is 0 Å². The van der Waals surface area contributed by atoms with E-state index in [1.807, 2.05) is 12.4 Å². The van der Waals surface area contributed by atoms with Gasteiger partial charge in [-0.1, -0.05) is 6.92 Å². The summed E-state index contributed by atoms with van der Waals surface area (Å²) in [5.41, 5.74) is 13.2. The van der Waals surface area contributed by atoms with Gasteiger partial charge < -0.3 is 5.73 Å². The monoisotopic (exact) mass is 193 g/mol. The first-order valence-corrected chi connectivity index (χ1v) is 4.84. The maximum atomic E-state index is 5.90. The van der Waals surface area contributed by atoms with Crippen molar-refractivity contribution in [1.29, 1.82) is 0 Å². The number of aromatic nitrogens is 2. The van der Waals surface area contributed by atoms with Crippen LogP contribution >= 0.6 is 0 Å². The van der Waals surface area contributed by atoms with Crippen LogP contribution in [0, 0.1) is 5.92 Å². The highest BCUT2D eigenvalue weighted by atomic mass is 15.5. The van der Waals surface area contributed by atoms with Gasteiger partial charge in [-0.25, -0.2) is 20.8 Å². The SMILES string of the molecule is CCC1C(N)NNC1c1cncnc1. The average Bonchev–Trinajstić information content (AvgIpc) is 2.61. The molecule has 0 saturated carbocycles. The van der Waals surface area contributed by atoms with E-state index >= 15 is 0 Å². The molecule has 1 saturated heterocycles. The molecule has 5 heteroatoms. The predicted molar refractivity (Wildman–Crippen MR) is 52.8 cm³/mol. The lowest BCUT2D eigenvalue weighted by Crippen LogP contribution is -2.39. The van der Waals surface area contributed by atoms with E-state index in [-0.39, 0.29) is 12.2 Å². The first-order chi connectivity index (χ1) is 6.83. The Morgan fingerprint density at radius 2 is 2.07 bits per heavy atom. The van der Waals surface area contributed by atoms with Gasteiger partial charge in [-0.15, -0.1) is 0 Å². The molecular weight excluding hydrogens is 178 g/mol. The van der Waals surface area contributed by atoms with Crippen molar-refractivity contribution in [2.45, 2.75) is 25.6 Å². The predicted octanol–water partition coefficient (Wildman–Crippen LogP) is -0.0635. The van der Waals surface area contributed by atoms with E-state index in [2.05, 4.69) is 27.7 Å². The van der Waals surface area contributed by atoms with Gasteiger partial charge in [-0.3, -0.25) is 0 Å². The molecule has 0 aliphatic carbocycles. The van der Waals surface area contributed by atoms with Crippen molar-refractivity contribution in [2.75, 3.05) is 0 Å². The summed E-state index contributed by atoms with van der Waals surface area (Å²) in [5, 5.41) is 0. The summed E-state index contributed by atoms with van der Waals surface area (Å²) in [6, 6.07) is 0.219. The second kappa shape index (κ2) is 4.00. The molecule has 3 atom stereocenters. The largest absolute Gasteiger partial charge is 0.315 e. The number of rotatable bonds is 2. The molecule has 14 heavy (non-hydrogen) atoms. The Balaban J connectivity index is 2.19. The van der Waals surface area contributed by atoms with E-state index in [9.17, 15) is 0 Å². The highest BCUT2D eigenvalue weighted by Gasteiger charge is 2.33. The molecule has 5 nitrogen and oxygen atoms in total. The number of nitrogens with one attached hydrogen (secondary N) is 2. The quantitative estimate of drug-likeness (QED) is 0.613. The third-order valence-electron chi connectivity index (χ3n) is 2.71. The molecule has 2 rings (SSSR count). The normalized spacial score (nSPS) is 32.0. The Morgan fingerprint density at radius 1 is 1.36 bits per heavy atom. The fourth-order valence-corrected chi connectivity index (χ4v) is 1.90. The molecule has 0 amide bonds. The van der Waals surface area contributed by atoms with Crippen molar-refractivity contribution < 1.29 is 0 Å². The van der Waals surface area contributed by atoms with Crippen molar-refractivity contribution in [1.82, 2.24) is 20.8 Å². The zero-order valence-corrected chi connectivity index (χ0v) is 8.14. The highest BCUT2D eigenvalue weighted by Crippen LogP contribution is 2.28. The summed E-state index contributed by atoms with van der Waals surface area (Å²) < 4.78 is 0. The lowest BCUT2D eigenvalue weighted by Gasteiger charge is -2.18. The zero-order valence-electron chi connectivity index (χ0n) is 8.14. The van der Waals surface area contributed by atoms with Crippen molar-refractivity contribution >= 4 is 0 Å². The Labute approximate surface area is 83.1 Å². The summed E-state index contributed by atoms with van der Waals surface area (Å²) >= 11 is 0. The fourth-order valence-electron chi connectivity index (χ4n) is 1.90. The summed E-state index contributed by atoms with van der Waals surface area (Å²) in [5.74, 6) is 0.390. The smallest absolute Gasteiger partial charge is 0.115 e. The van der Waals surface area contributed by atoms with Crippen LogP contribution in [0.2, 0.25) is 0 Å². The van der Waals surface area contributed by atoms with Crippen LogP contribution in [-0.4, -0.2) is 16.1 Å². The van der Waals surface area contributed by atoms with Gasteiger partial charge in [-0.05, 0) is 6.42 Å². The molecule has 1 aliphatic heterocycles. The Morgan fingerprint density at radius 3 is 2.71 bits per heavy atom. The first kappa shape index (κ1) is 9.51. The standard InChI is InChI=1S/C9H15N5/c1-2-7-8(13-14-9(7)10)6-3-11-5-12-4-6/h3-5,7-9,13-14H,2,10H2,1H3. The van der Waals surface area contributed by atoms with Crippen LogP contribution in [0.3, 0.4) is 0 Å². The van der Waals surface area contributed by atoms with Crippen LogP contribution in [0.4, 0.5) is 0 Å². The van der Waals surface area contributed by atoms with Gasteiger partial charge in [0.15, 0.2) is 0 Å². The molecule has 4 N–H and O–H groups in total. The number of hydrogen-bond acceptors (Lipinski definition) is 5. The summed E-state index contributed by atoms with van der Waals surface area (Å²) in [6.07, 6.45) is 6.22. The second-order valence-corrected chi connectivity index (χ2v) is 3.54. The molecular formula is C9H15N5. The molecule has 1 fully saturated rings. The average molecular weight is 193 g/mol. The first-order valence-electron chi connectivity index (χ1n) is 4.84. The van der Waals surface area contributed by atoms with Crippen molar-refractivity contribution in [3.05, 3.63) is 24.3 Å². The van der Waals surface area contributed by atoms with Crippen LogP contribution < -0.4 is 16.6 Å². The lowest BCUT2D eigenvalue weighted by molar-refractivity contribution is 0.409. The zero-order chi connectivity index (χ0) is 9.97. The topological polar surface area (TPSA) is 75.9 Å². The molecule has 1 aliphatic rings. The van der Waals surface area contributed by atoms with Crippen LogP contribution in [0.15, 0.2) is 18.7 Å². The molecule has 1 aromatic heterocycles. The number of hydrogen-bond donors (Lipinski definition) is 3. The fraction of sp³-hybridized carbons (Fsp3) is 0.556. The minimum atomic E-state index is 0.00482. The number of nitrogens with two attached hydrogens (primary N) is 1. The molecule has 0 spiro atoms. The van der Waals surface area contributed by atoms with Gasteiger partial charge >= 0.3 is 0 Å². The van der Waals surface area contributed by atoms with Crippen LogP contribution in [0.5, 0.6) is 0 Å². The molecule has 0 radical (unpaired) electrons.